The summed E-state index contributed by atoms with van der Waals surface area (Å²) in [5.74, 6) is 0.773. The van der Waals surface area contributed by atoms with Crippen molar-refractivity contribution in [2.75, 3.05) is 24.4 Å². The normalized spacial score (nSPS) is 18.0. The largest absolute Gasteiger partial charge is 0.497 e. The van der Waals surface area contributed by atoms with Gasteiger partial charge in [0.25, 0.3) is 0 Å². The Hall–Kier alpha value is -3.51. The Morgan fingerprint density at radius 3 is 2.06 bits per heavy atom. The molecule has 0 bridgehead atoms. The molecule has 3 aromatic rings. The van der Waals surface area contributed by atoms with E-state index >= 15 is 0 Å². The summed E-state index contributed by atoms with van der Waals surface area (Å²) in [7, 11) is 3.20. The number of nitrogens with one attached hydrogen (secondary N) is 1. The number of hydrogen-bond donors (Lipinski definition) is 1. The maximum Gasteiger partial charge on any atom is 0.229 e. The molecule has 0 radical (unpaired) electrons. The molecule has 7 heteroatoms. The van der Waals surface area contributed by atoms with Gasteiger partial charge < -0.3 is 19.7 Å². The lowest BCUT2D eigenvalue weighted by Gasteiger charge is -2.41. The third kappa shape index (κ3) is 4.96. The Kier molecular flexibility index (Phi) is 6.84. The van der Waals surface area contributed by atoms with Crippen molar-refractivity contribution in [3.8, 4) is 11.5 Å². The van der Waals surface area contributed by atoms with Crippen LogP contribution in [0, 0.1) is 5.92 Å². The SMILES string of the molecule is COc1ccc(C2C(C(=O)Nc3ccc(Cl)cc3)CCC(=O)N2c2ccc(OC)cc2)cc1. The molecule has 6 nitrogen and oxygen atoms in total. The lowest BCUT2D eigenvalue weighted by Crippen LogP contribution is -2.46. The van der Waals surface area contributed by atoms with E-state index in [0.717, 1.165) is 5.56 Å². The smallest absolute Gasteiger partial charge is 0.229 e. The van der Waals surface area contributed by atoms with Crippen molar-refractivity contribution in [3.63, 3.8) is 0 Å². The Morgan fingerprint density at radius 2 is 1.48 bits per heavy atom. The fourth-order valence-corrected chi connectivity index (χ4v) is 4.29. The average molecular weight is 465 g/mol. The molecule has 1 saturated heterocycles. The average Bonchev–Trinajstić information content (AvgIpc) is 2.85. The van der Waals surface area contributed by atoms with Crippen LogP contribution < -0.4 is 19.7 Å². The molecule has 0 spiro atoms. The lowest BCUT2D eigenvalue weighted by atomic mass is 9.83. The molecule has 170 valence electrons. The van der Waals surface area contributed by atoms with Gasteiger partial charge in [0.1, 0.15) is 11.5 Å². The first-order chi connectivity index (χ1) is 16.0. The molecule has 2 amide bonds. The Labute approximate surface area is 198 Å². The van der Waals surface area contributed by atoms with Crippen LogP contribution in [0.1, 0.15) is 24.4 Å². The molecule has 1 aliphatic rings. The van der Waals surface area contributed by atoms with E-state index in [9.17, 15) is 9.59 Å². The van der Waals surface area contributed by atoms with Crippen molar-refractivity contribution in [2.24, 2.45) is 5.92 Å². The zero-order valence-corrected chi connectivity index (χ0v) is 19.2. The standard InChI is InChI=1S/C26H25ClN2O4/c1-32-21-11-3-17(4-12-21)25-23(26(31)28-19-7-5-18(27)6-8-19)15-16-24(30)29(25)20-9-13-22(33-2)14-10-20/h3-14,23,25H,15-16H2,1-2H3,(H,28,31). The topological polar surface area (TPSA) is 67.9 Å². The molecular weight excluding hydrogens is 440 g/mol. The number of carbonyl (C=O) groups is 2. The highest BCUT2D eigenvalue weighted by atomic mass is 35.5. The summed E-state index contributed by atoms with van der Waals surface area (Å²) in [6.07, 6.45) is 0.721. The molecule has 3 aromatic carbocycles. The van der Waals surface area contributed by atoms with E-state index in [1.165, 1.54) is 0 Å². The maximum atomic E-state index is 13.4. The van der Waals surface area contributed by atoms with Gasteiger partial charge in [-0.25, -0.2) is 0 Å². The van der Waals surface area contributed by atoms with Crippen molar-refractivity contribution in [2.45, 2.75) is 18.9 Å². The molecule has 1 fully saturated rings. The summed E-state index contributed by atoms with van der Waals surface area (Å²) in [5.41, 5.74) is 2.23. The summed E-state index contributed by atoms with van der Waals surface area (Å²) in [6.45, 7) is 0. The number of methoxy groups -OCH3 is 2. The van der Waals surface area contributed by atoms with Crippen molar-refractivity contribution in [1.82, 2.24) is 0 Å². The number of amides is 2. The third-order valence-corrected chi connectivity index (χ3v) is 6.11. The molecule has 1 N–H and O–H groups in total. The van der Waals surface area contributed by atoms with Crippen LogP contribution in [0.5, 0.6) is 11.5 Å². The second-order valence-electron chi connectivity index (χ2n) is 7.82. The fraction of sp³-hybridized carbons (Fsp3) is 0.231. The van der Waals surface area contributed by atoms with E-state index in [1.807, 2.05) is 48.5 Å². The number of nitrogens with zero attached hydrogens (tertiary/aromatic N) is 1. The number of piperidine rings is 1. The van der Waals surface area contributed by atoms with Gasteiger partial charge in [0, 0.05) is 22.8 Å². The van der Waals surface area contributed by atoms with Crippen LogP contribution in [-0.4, -0.2) is 26.0 Å². The summed E-state index contributed by atoms with van der Waals surface area (Å²) < 4.78 is 10.6. The van der Waals surface area contributed by atoms with Crippen LogP contribution in [0.2, 0.25) is 5.02 Å². The molecule has 1 heterocycles. The molecule has 4 rings (SSSR count). The van der Waals surface area contributed by atoms with Gasteiger partial charge in [-0.3, -0.25) is 9.59 Å². The van der Waals surface area contributed by atoms with Gasteiger partial charge in [0.15, 0.2) is 0 Å². The highest BCUT2D eigenvalue weighted by Gasteiger charge is 2.41. The summed E-state index contributed by atoms with van der Waals surface area (Å²) in [6, 6.07) is 21.3. The maximum absolute atomic E-state index is 13.4. The monoisotopic (exact) mass is 464 g/mol. The fourth-order valence-electron chi connectivity index (χ4n) is 4.16. The Bertz CT molecular complexity index is 1110. The Balaban J connectivity index is 1.72. The number of halogens is 1. The summed E-state index contributed by atoms with van der Waals surface area (Å²) in [5, 5.41) is 3.58. The summed E-state index contributed by atoms with van der Waals surface area (Å²) in [4.78, 5) is 28.3. The number of carbonyl (C=O) groups excluding carboxylic acids is 2. The van der Waals surface area contributed by atoms with Crippen LogP contribution >= 0.6 is 11.6 Å². The molecule has 1 aliphatic heterocycles. The zero-order chi connectivity index (χ0) is 23.4. The molecule has 2 atom stereocenters. The van der Waals surface area contributed by atoms with Crippen LogP contribution in [0.4, 0.5) is 11.4 Å². The van der Waals surface area contributed by atoms with E-state index < -0.39 is 12.0 Å². The minimum absolute atomic E-state index is 0.0310. The third-order valence-electron chi connectivity index (χ3n) is 5.85. The van der Waals surface area contributed by atoms with Crippen LogP contribution in [0.15, 0.2) is 72.8 Å². The van der Waals surface area contributed by atoms with Gasteiger partial charge in [0.05, 0.1) is 26.2 Å². The summed E-state index contributed by atoms with van der Waals surface area (Å²) >= 11 is 5.97. The van der Waals surface area contributed by atoms with Gasteiger partial charge >= 0.3 is 0 Å². The molecular formula is C26H25ClN2O4. The highest BCUT2D eigenvalue weighted by molar-refractivity contribution is 6.30. The minimum Gasteiger partial charge on any atom is -0.497 e. The molecule has 2 unspecified atom stereocenters. The van der Waals surface area contributed by atoms with Crippen LogP contribution in [-0.2, 0) is 9.59 Å². The number of hydrogen-bond acceptors (Lipinski definition) is 4. The quantitative estimate of drug-likeness (QED) is 0.524. The van der Waals surface area contributed by atoms with E-state index in [2.05, 4.69) is 5.32 Å². The van der Waals surface area contributed by atoms with E-state index in [4.69, 9.17) is 21.1 Å². The highest BCUT2D eigenvalue weighted by Crippen LogP contribution is 2.41. The number of benzene rings is 3. The first-order valence-corrected chi connectivity index (χ1v) is 11.0. The molecule has 0 saturated carbocycles. The van der Waals surface area contributed by atoms with Crippen LogP contribution in [0.25, 0.3) is 0 Å². The van der Waals surface area contributed by atoms with Crippen molar-refractivity contribution in [1.29, 1.82) is 0 Å². The van der Waals surface area contributed by atoms with Gasteiger partial charge in [-0.2, -0.15) is 0 Å². The number of ether oxygens (including phenoxy) is 2. The first-order valence-electron chi connectivity index (χ1n) is 10.7. The minimum atomic E-state index is -0.474. The van der Waals surface area contributed by atoms with Gasteiger partial charge in [-0.15, -0.1) is 0 Å². The van der Waals surface area contributed by atoms with Crippen molar-refractivity contribution < 1.29 is 19.1 Å². The van der Waals surface area contributed by atoms with E-state index in [-0.39, 0.29) is 18.2 Å². The molecule has 33 heavy (non-hydrogen) atoms. The van der Waals surface area contributed by atoms with Crippen LogP contribution in [0.3, 0.4) is 0 Å². The number of rotatable bonds is 6. The predicted octanol–water partition coefficient (Wildman–Crippen LogP) is 5.48. The van der Waals surface area contributed by atoms with Gasteiger partial charge in [-0.05, 0) is 72.6 Å². The lowest BCUT2D eigenvalue weighted by molar-refractivity contribution is -0.125. The molecule has 0 aliphatic carbocycles. The van der Waals surface area contributed by atoms with Crippen molar-refractivity contribution >= 4 is 34.8 Å². The predicted molar refractivity (Wildman–Crippen MR) is 129 cm³/mol. The zero-order valence-electron chi connectivity index (χ0n) is 18.5. The van der Waals surface area contributed by atoms with E-state index in [1.54, 1.807) is 43.4 Å². The Morgan fingerprint density at radius 1 is 0.909 bits per heavy atom. The van der Waals surface area contributed by atoms with Crippen molar-refractivity contribution in [3.05, 3.63) is 83.4 Å². The number of anilines is 2. The second-order valence-corrected chi connectivity index (χ2v) is 8.26. The van der Waals surface area contributed by atoms with Gasteiger partial charge in [-0.1, -0.05) is 23.7 Å². The first kappa shape index (κ1) is 22.7. The molecule has 0 aromatic heterocycles. The van der Waals surface area contributed by atoms with Gasteiger partial charge in [0.2, 0.25) is 11.8 Å². The van der Waals surface area contributed by atoms with E-state index in [0.29, 0.717) is 34.3 Å². The second kappa shape index (κ2) is 9.96.